The molecule has 10 nitrogen and oxygen atoms in total. The third-order valence-corrected chi connectivity index (χ3v) is 7.22. The highest BCUT2D eigenvalue weighted by atomic mass is 32.2. The SMILES string of the molecule is COc1cc(C(=O)NCc2nnc(SCC(=O)Nc3cc(C)ccc3C)n2-c2cccc(C)c2)cc(OC)c1OC. The summed E-state index contributed by atoms with van der Waals surface area (Å²) in [6, 6.07) is 16.9. The number of amides is 2. The summed E-state index contributed by atoms with van der Waals surface area (Å²) in [6.45, 7) is 6.02. The molecule has 0 bridgehead atoms. The third kappa shape index (κ3) is 6.98. The van der Waals surface area contributed by atoms with E-state index in [4.69, 9.17) is 14.2 Å². The van der Waals surface area contributed by atoms with Gasteiger partial charge in [-0.1, -0.05) is 36.0 Å². The Balaban J connectivity index is 1.54. The van der Waals surface area contributed by atoms with E-state index in [1.54, 1.807) is 12.1 Å². The van der Waals surface area contributed by atoms with Crippen LogP contribution in [0.1, 0.15) is 32.9 Å². The van der Waals surface area contributed by atoms with Crippen molar-refractivity contribution >= 4 is 29.3 Å². The van der Waals surface area contributed by atoms with Gasteiger partial charge in [0.25, 0.3) is 5.91 Å². The minimum absolute atomic E-state index is 0.0890. The van der Waals surface area contributed by atoms with Gasteiger partial charge in [-0.2, -0.15) is 0 Å². The van der Waals surface area contributed by atoms with Crippen molar-refractivity contribution in [3.05, 3.63) is 82.7 Å². The number of hydrogen-bond acceptors (Lipinski definition) is 8. The molecule has 4 aromatic rings. The quantitative estimate of drug-likeness (QED) is 0.243. The molecule has 0 radical (unpaired) electrons. The molecule has 214 valence electrons. The average molecular weight is 576 g/mol. The van der Waals surface area contributed by atoms with E-state index in [0.29, 0.717) is 33.8 Å². The van der Waals surface area contributed by atoms with Crippen molar-refractivity contribution in [1.82, 2.24) is 20.1 Å². The van der Waals surface area contributed by atoms with Gasteiger partial charge in [0.15, 0.2) is 22.5 Å². The second-order valence-corrected chi connectivity index (χ2v) is 10.3. The molecule has 0 aliphatic heterocycles. The third-order valence-electron chi connectivity index (χ3n) is 6.29. The van der Waals surface area contributed by atoms with Gasteiger partial charge in [-0.15, -0.1) is 10.2 Å². The van der Waals surface area contributed by atoms with Crippen LogP contribution in [0.25, 0.3) is 5.69 Å². The number of ether oxygens (including phenoxy) is 3. The van der Waals surface area contributed by atoms with Gasteiger partial charge in [0.1, 0.15) is 0 Å². The van der Waals surface area contributed by atoms with Crippen LogP contribution in [-0.2, 0) is 11.3 Å². The summed E-state index contributed by atoms with van der Waals surface area (Å²) in [5.74, 6) is 1.28. The van der Waals surface area contributed by atoms with Crippen LogP contribution in [-0.4, -0.2) is 53.7 Å². The minimum atomic E-state index is -0.356. The van der Waals surface area contributed by atoms with Crippen molar-refractivity contribution in [1.29, 1.82) is 0 Å². The molecule has 11 heteroatoms. The molecule has 0 fully saturated rings. The average Bonchev–Trinajstić information content (AvgIpc) is 3.38. The smallest absolute Gasteiger partial charge is 0.251 e. The zero-order valence-corrected chi connectivity index (χ0v) is 24.7. The van der Waals surface area contributed by atoms with Crippen LogP contribution in [0.5, 0.6) is 17.2 Å². The van der Waals surface area contributed by atoms with Crippen molar-refractivity contribution in [3.8, 4) is 22.9 Å². The Morgan fingerprint density at radius 2 is 1.59 bits per heavy atom. The maximum Gasteiger partial charge on any atom is 0.251 e. The maximum absolute atomic E-state index is 13.1. The highest BCUT2D eigenvalue weighted by Gasteiger charge is 2.20. The van der Waals surface area contributed by atoms with E-state index in [0.717, 1.165) is 28.1 Å². The lowest BCUT2D eigenvalue weighted by Crippen LogP contribution is -2.25. The van der Waals surface area contributed by atoms with Crippen LogP contribution in [0.4, 0.5) is 5.69 Å². The zero-order chi connectivity index (χ0) is 29.5. The molecule has 0 saturated carbocycles. The first kappa shape index (κ1) is 29.5. The van der Waals surface area contributed by atoms with Crippen molar-refractivity contribution in [2.75, 3.05) is 32.4 Å². The highest BCUT2D eigenvalue weighted by Crippen LogP contribution is 2.38. The van der Waals surface area contributed by atoms with Crippen molar-refractivity contribution in [2.45, 2.75) is 32.5 Å². The standard InChI is InChI=1S/C30H33N5O5S/c1-18-8-7-9-22(12-18)35-26(16-31-29(37)21-14-24(38-4)28(40-6)25(15-21)39-5)33-34-30(35)41-17-27(36)32-23-13-19(2)10-11-20(23)3/h7-15H,16-17H2,1-6H3,(H,31,37)(H,32,36). The Kier molecular flexibility index (Phi) is 9.51. The number of methoxy groups -OCH3 is 3. The number of aromatic nitrogens is 3. The molecule has 0 aliphatic rings. The Bertz CT molecular complexity index is 1540. The van der Waals surface area contributed by atoms with Gasteiger partial charge < -0.3 is 24.8 Å². The van der Waals surface area contributed by atoms with Gasteiger partial charge in [0.2, 0.25) is 11.7 Å². The lowest BCUT2D eigenvalue weighted by atomic mass is 10.1. The molecule has 1 aromatic heterocycles. The van der Waals surface area contributed by atoms with E-state index in [2.05, 4.69) is 20.8 Å². The van der Waals surface area contributed by atoms with E-state index in [1.807, 2.05) is 67.8 Å². The number of carbonyl (C=O) groups is 2. The van der Waals surface area contributed by atoms with E-state index >= 15 is 0 Å². The van der Waals surface area contributed by atoms with E-state index < -0.39 is 0 Å². The lowest BCUT2D eigenvalue weighted by Gasteiger charge is -2.14. The van der Waals surface area contributed by atoms with Crippen LogP contribution < -0.4 is 24.8 Å². The first-order chi connectivity index (χ1) is 19.7. The molecule has 0 saturated heterocycles. The largest absolute Gasteiger partial charge is 0.493 e. The number of nitrogens with one attached hydrogen (secondary N) is 2. The topological polar surface area (TPSA) is 117 Å². The maximum atomic E-state index is 13.1. The van der Waals surface area contributed by atoms with Gasteiger partial charge in [-0.25, -0.2) is 0 Å². The van der Waals surface area contributed by atoms with E-state index in [9.17, 15) is 9.59 Å². The predicted molar refractivity (Wildman–Crippen MR) is 159 cm³/mol. The molecular formula is C30H33N5O5S. The Morgan fingerprint density at radius 1 is 0.878 bits per heavy atom. The zero-order valence-electron chi connectivity index (χ0n) is 23.9. The summed E-state index contributed by atoms with van der Waals surface area (Å²) in [5.41, 5.74) is 5.04. The highest BCUT2D eigenvalue weighted by molar-refractivity contribution is 7.99. The molecule has 4 rings (SSSR count). The first-order valence-corrected chi connectivity index (χ1v) is 13.8. The second-order valence-electron chi connectivity index (χ2n) is 9.33. The number of rotatable bonds is 11. The molecule has 1 heterocycles. The van der Waals surface area contributed by atoms with Gasteiger partial charge in [0, 0.05) is 16.9 Å². The number of hydrogen-bond donors (Lipinski definition) is 2. The molecule has 0 atom stereocenters. The van der Waals surface area contributed by atoms with E-state index in [-0.39, 0.29) is 24.1 Å². The molecule has 41 heavy (non-hydrogen) atoms. The number of anilines is 1. The molecule has 3 aromatic carbocycles. The van der Waals surface area contributed by atoms with Crippen LogP contribution in [0.2, 0.25) is 0 Å². The predicted octanol–water partition coefficient (Wildman–Crippen LogP) is 4.88. The van der Waals surface area contributed by atoms with Crippen LogP contribution in [0.3, 0.4) is 0 Å². The van der Waals surface area contributed by atoms with Gasteiger partial charge in [0.05, 0.1) is 33.6 Å². The number of thioether (sulfide) groups is 1. The number of aryl methyl sites for hydroxylation is 3. The van der Waals surface area contributed by atoms with Crippen LogP contribution >= 0.6 is 11.8 Å². The molecule has 0 aliphatic carbocycles. The fourth-order valence-electron chi connectivity index (χ4n) is 4.20. The van der Waals surface area contributed by atoms with Crippen molar-refractivity contribution < 1.29 is 23.8 Å². The molecular weight excluding hydrogens is 542 g/mol. The second kappa shape index (κ2) is 13.2. The monoisotopic (exact) mass is 575 g/mol. The van der Waals surface area contributed by atoms with Gasteiger partial charge in [-0.3, -0.25) is 14.2 Å². The summed E-state index contributed by atoms with van der Waals surface area (Å²) >= 11 is 1.27. The van der Waals surface area contributed by atoms with Crippen molar-refractivity contribution in [2.24, 2.45) is 0 Å². The first-order valence-electron chi connectivity index (χ1n) is 12.8. The fourth-order valence-corrected chi connectivity index (χ4v) is 4.97. The van der Waals surface area contributed by atoms with E-state index in [1.165, 1.54) is 33.1 Å². The summed E-state index contributed by atoms with van der Waals surface area (Å²) in [6.07, 6.45) is 0. The minimum Gasteiger partial charge on any atom is -0.493 e. The molecule has 0 spiro atoms. The normalized spacial score (nSPS) is 10.7. The number of benzene rings is 3. The number of nitrogens with zero attached hydrogens (tertiary/aromatic N) is 3. The fraction of sp³-hybridized carbons (Fsp3) is 0.267. The number of carbonyl (C=O) groups excluding carboxylic acids is 2. The summed E-state index contributed by atoms with van der Waals surface area (Å²) in [4.78, 5) is 25.9. The summed E-state index contributed by atoms with van der Waals surface area (Å²) in [5, 5.41) is 15.1. The lowest BCUT2D eigenvalue weighted by molar-refractivity contribution is -0.113. The Hall–Kier alpha value is -4.51. The molecule has 2 amide bonds. The summed E-state index contributed by atoms with van der Waals surface area (Å²) < 4.78 is 17.9. The Labute approximate surface area is 243 Å². The Morgan fingerprint density at radius 3 is 2.24 bits per heavy atom. The molecule has 0 unspecified atom stereocenters. The van der Waals surface area contributed by atoms with Gasteiger partial charge in [-0.05, 0) is 67.8 Å². The van der Waals surface area contributed by atoms with Gasteiger partial charge >= 0.3 is 0 Å². The summed E-state index contributed by atoms with van der Waals surface area (Å²) in [7, 11) is 4.48. The molecule has 2 N–H and O–H groups in total. The van der Waals surface area contributed by atoms with Crippen LogP contribution in [0.15, 0.2) is 59.8 Å². The van der Waals surface area contributed by atoms with Crippen LogP contribution in [0, 0.1) is 20.8 Å². The van der Waals surface area contributed by atoms with Crippen molar-refractivity contribution in [3.63, 3.8) is 0 Å².